The van der Waals surface area contributed by atoms with E-state index in [-0.39, 0.29) is 0 Å². The lowest BCUT2D eigenvalue weighted by molar-refractivity contribution is 1.19. The molecule has 0 saturated carbocycles. The Hall–Kier alpha value is -7.20. The summed E-state index contributed by atoms with van der Waals surface area (Å²) in [5.74, 6) is 0. The smallest absolute Gasteiger partial charge is 0.145 e. The molecule has 0 aliphatic heterocycles. The molecule has 3 heterocycles. The van der Waals surface area contributed by atoms with Crippen molar-refractivity contribution in [3.63, 3.8) is 0 Å². The molecule has 272 valence electrons. The van der Waals surface area contributed by atoms with Gasteiger partial charge in [0.15, 0.2) is 0 Å². The second kappa shape index (κ2) is 12.7. The number of para-hydroxylation sites is 3. The average Bonchev–Trinajstić information content (AvgIpc) is 3.82. The van der Waals surface area contributed by atoms with Gasteiger partial charge in [0.1, 0.15) is 8.07 Å². The van der Waals surface area contributed by atoms with Crippen LogP contribution >= 0.6 is 0 Å². The minimum atomic E-state index is -2.44. The summed E-state index contributed by atoms with van der Waals surface area (Å²) in [4.78, 5) is 0. The molecule has 0 aliphatic rings. The highest BCUT2D eigenvalue weighted by Crippen LogP contribution is 2.41. The minimum Gasteiger partial charge on any atom is -0.309 e. The molecular weight excluding hydrogens is 717 g/mol. The largest absolute Gasteiger partial charge is 0.309 e. The number of hydrogen-bond acceptors (Lipinski definition) is 0. The normalized spacial score (nSPS) is 12.2. The van der Waals surface area contributed by atoms with Crippen LogP contribution in [-0.2, 0) is 0 Å². The Morgan fingerprint density at radius 2 is 0.672 bits per heavy atom. The summed E-state index contributed by atoms with van der Waals surface area (Å²) in [6.45, 7) is 2.52. The number of benzene rings is 9. The van der Waals surface area contributed by atoms with E-state index in [0.29, 0.717) is 0 Å². The van der Waals surface area contributed by atoms with E-state index in [1.54, 1.807) is 0 Å². The van der Waals surface area contributed by atoms with Crippen molar-refractivity contribution in [2.75, 3.05) is 0 Å². The van der Waals surface area contributed by atoms with Crippen molar-refractivity contribution in [1.82, 2.24) is 8.97 Å². The molecule has 3 aromatic heterocycles. The lowest BCUT2D eigenvalue weighted by Crippen LogP contribution is -2.64. The van der Waals surface area contributed by atoms with Crippen LogP contribution in [-0.4, -0.2) is 17.0 Å². The van der Waals surface area contributed by atoms with Gasteiger partial charge in [0.25, 0.3) is 0 Å². The Balaban J connectivity index is 1.34. The molecule has 0 radical (unpaired) electrons. The van der Waals surface area contributed by atoms with Crippen LogP contribution in [0, 0.1) is 0 Å². The van der Waals surface area contributed by atoms with E-state index in [2.05, 4.69) is 228 Å². The first-order chi connectivity index (χ1) is 28.7. The van der Waals surface area contributed by atoms with Gasteiger partial charge in [-0.15, -0.1) is 0 Å². The Labute approximate surface area is 337 Å². The Bertz CT molecular complexity index is 3540. The third-order valence-electron chi connectivity index (χ3n) is 12.8. The van der Waals surface area contributed by atoms with Gasteiger partial charge in [-0.3, -0.25) is 0 Å². The summed E-state index contributed by atoms with van der Waals surface area (Å²) in [6.07, 6.45) is 0. The van der Waals surface area contributed by atoms with Crippen LogP contribution in [0.3, 0.4) is 0 Å². The van der Waals surface area contributed by atoms with Gasteiger partial charge >= 0.3 is 0 Å². The quantitative estimate of drug-likeness (QED) is 0.125. The van der Waals surface area contributed by atoms with Crippen LogP contribution in [0.15, 0.2) is 212 Å². The van der Waals surface area contributed by atoms with E-state index in [4.69, 9.17) is 0 Å². The summed E-state index contributed by atoms with van der Waals surface area (Å²) in [5.41, 5.74) is 7.20. The van der Waals surface area contributed by atoms with Gasteiger partial charge in [-0.25, -0.2) is 0 Å². The van der Waals surface area contributed by atoms with E-state index in [1.807, 2.05) is 0 Å². The van der Waals surface area contributed by atoms with Crippen LogP contribution < -0.4 is 15.6 Å². The molecule has 0 saturated heterocycles. The maximum atomic E-state index is 2.57. The zero-order valence-electron chi connectivity index (χ0n) is 32.1. The number of hydrogen-bond donors (Lipinski definition) is 0. The first-order valence-electron chi connectivity index (χ1n) is 20.2. The van der Waals surface area contributed by atoms with Crippen LogP contribution in [0.2, 0.25) is 6.55 Å². The molecule has 0 aliphatic carbocycles. The van der Waals surface area contributed by atoms with Gasteiger partial charge in [-0.2, -0.15) is 0 Å². The first kappa shape index (κ1) is 33.0. The second-order valence-electron chi connectivity index (χ2n) is 15.8. The van der Waals surface area contributed by atoms with Gasteiger partial charge in [0.2, 0.25) is 0 Å². The van der Waals surface area contributed by atoms with Crippen LogP contribution in [0.5, 0.6) is 0 Å². The summed E-state index contributed by atoms with van der Waals surface area (Å²) in [7, 11) is -2.44. The summed E-state index contributed by atoms with van der Waals surface area (Å²) >= 11 is 0. The fourth-order valence-corrected chi connectivity index (χ4v) is 13.6. The second-order valence-corrected chi connectivity index (χ2v) is 19.8. The number of aromatic nitrogens is 2. The maximum absolute atomic E-state index is 2.57. The highest BCUT2D eigenvalue weighted by Gasteiger charge is 2.34. The third kappa shape index (κ3) is 4.65. The first-order valence-corrected chi connectivity index (χ1v) is 22.7. The Morgan fingerprint density at radius 1 is 0.293 bits per heavy atom. The van der Waals surface area contributed by atoms with Gasteiger partial charge in [0, 0.05) is 38.0 Å². The highest BCUT2D eigenvalue weighted by atomic mass is 28.3. The molecule has 58 heavy (non-hydrogen) atoms. The monoisotopic (exact) mass is 754 g/mol. The predicted octanol–water partition coefficient (Wildman–Crippen LogP) is 12.5. The molecule has 0 N–H and O–H groups in total. The highest BCUT2D eigenvalue weighted by molar-refractivity contribution is 7.10. The van der Waals surface area contributed by atoms with E-state index in [0.717, 1.165) is 5.69 Å². The van der Waals surface area contributed by atoms with Gasteiger partial charge in [0.05, 0.1) is 27.6 Å². The van der Waals surface area contributed by atoms with Crippen molar-refractivity contribution >= 4 is 105 Å². The molecule has 0 unspecified atom stereocenters. The molecule has 12 aromatic rings. The Morgan fingerprint density at radius 3 is 1.21 bits per heavy atom. The molecule has 9 aromatic carbocycles. The summed E-state index contributed by atoms with van der Waals surface area (Å²) < 4.78 is 5.05. The van der Waals surface area contributed by atoms with Crippen molar-refractivity contribution in [3.05, 3.63) is 212 Å². The van der Waals surface area contributed by atoms with E-state index in [1.165, 1.54) is 97.0 Å². The lowest BCUT2D eigenvalue weighted by Gasteiger charge is -2.29. The van der Waals surface area contributed by atoms with Crippen LogP contribution in [0.1, 0.15) is 0 Å². The molecule has 12 rings (SSSR count). The van der Waals surface area contributed by atoms with Gasteiger partial charge in [-0.1, -0.05) is 182 Å². The van der Waals surface area contributed by atoms with Crippen LogP contribution in [0.4, 0.5) is 0 Å². The maximum Gasteiger partial charge on any atom is 0.145 e. The topological polar surface area (TPSA) is 9.34 Å². The standard InChI is InChI=1S/C55H38N2Si/c1-58(38-18-4-2-5-19-38,39-20-6-3-7-21-39)40-32-33-54-48(36-40)50-35-37(56-51-29-15-13-27-46(51)47-28-14-16-30-52(47)56)34-49-44-25-11-9-23-42(44)41-22-8-10-24-43(41)45-26-12-17-31-53(45)57(54)55(49)50/h2-36H,1H3. The lowest BCUT2D eigenvalue weighted by atomic mass is 10.00. The van der Waals surface area contributed by atoms with Crippen molar-refractivity contribution in [3.8, 4) is 5.69 Å². The molecule has 0 bridgehead atoms. The van der Waals surface area contributed by atoms with E-state index < -0.39 is 8.07 Å². The van der Waals surface area contributed by atoms with Crippen molar-refractivity contribution in [2.24, 2.45) is 0 Å². The van der Waals surface area contributed by atoms with Gasteiger partial charge < -0.3 is 8.97 Å². The summed E-state index contributed by atoms with van der Waals surface area (Å²) in [6, 6.07) is 79.4. The SMILES string of the molecule is C[Si](c1ccccc1)(c1ccccc1)c1ccc2c(c1)c1cc(-n3c4ccccc4c4ccccc43)cc3c4ccccc4c4ccccc4c4ccccc4n2c31. The predicted molar refractivity (Wildman–Crippen MR) is 251 cm³/mol. The minimum absolute atomic E-state index is 1.16. The molecule has 0 fully saturated rings. The fourth-order valence-electron chi connectivity index (χ4n) is 10.1. The molecular formula is C55H38N2Si. The third-order valence-corrected chi connectivity index (χ3v) is 17.3. The number of rotatable bonds is 4. The molecule has 2 nitrogen and oxygen atoms in total. The van der Waals surface area contributed by atoms with Crippen molar-refractivity contribution in [2.45, 2.75) is 6.55 Å². The van der Waals surface area contributed by atoms with Gasteiger partial charge in [-0.05, 0) is 73.5 Å². The van der Waals surface area contributed by atoms with Crippen molar-refractivity contribution < 1.29 is 0 Å². The summed E-state index contributed by atoms with van der Waals surface area (Å²) in [5, 5.41) is 16.6. The fraction of sp³-hybridized carbons (Fsp3) is 0.0182. The number of fused-ring (bicyclic) bond motifs is 13. The Kier molecular flexibility index (Phi) is 7.20. The van der Waals surface area contributed by atoms with Crippen LogP contribution in [0.25, 0.3) is 87.1 Å². The molecule has 0 amide bonds. The van der Waals surface area contributed by atoms with E-state index in [9.17, 15) is 0 Å². The average molecular weight is 755 g/mol. The molecule has 0 spiro atoms. The molecule has 3 heteroatoms. The zero-order chi connectivity index (χ0) is 38.4. The zero-order valence-corrected chi connectivity index (χ0v) is 33.1. The number of nitrogens with zero attached hydrogens (tertiary/aromatic N) is 2. The van der Waals surface area contributed by atoms with E-state index >= 15 is 0 Å². The molecule has 0 atom stereocenters. The van der Waals surface area contributed by atoms with Crippen molar-refractivity contribution in [1.29, 1.82) is 0 Å².